The highest BCUT2D eigenvalue weighted by Gasteiger charge is 2.43. The second-order valence-corrected chi connectivity index (χ2v) is 18.3. The van der Waals surface area contributed by atoms with E-state index in [1.807, 2.05) is 30.9 Å². The van der Waals surface area contributed by atoms with Crippen molar-refractivity contribution < 1.29 is 0 Å². The summed E-state index contributed by atoms with van der Waals surface area (Å²) in [4.78, 5) is 11.8. The van der Waals surface area contributed by atoms with E-state index < -0.39 is 0 Å². The van der Waals surface area contributed by atoms with Crippen molar-refractivity contribution in [3.63, 3.8) is 0 Å². The summed E-state index contributed by atoms with van der Waals surface area (Å²) in [5.74, 6) is 0.817. The highest BCUT2D eigenvalue weighted by atomic mass is 15.2. The zero-order valence-electron chi connectivity index (χ0n) is 36.9. The van der Waals surface area contributed by atoms with Crippen molar-refractivity contribution >= 4 is 38.8 Å². The van der Waals surface area contributed by atoms with Crippen molar-refractivity contribution in [3.05, 3.63) is 241 Å². The largest absolute Gasteiger partial charge is 0.332 e. The van der Waals surface area contributed by atoms with E-state index in [1.54, 1.807) is 0 Å². The normalized spacial score (nSPS) is 18.3. The van der Waals surface area contributed by atoms with E-state index >= 15 is 0 Å². The number of anilines is 2. The van der Waals surface area contributed by atoms with Crippen LogP contribution in [0.25, 0.3) is 77.6 Å². The van der Waals surface area contributed by atoms with Gasteiger partial charge in [-0.1, -0.05) is 135 Å². The van der Waals surface area contributed by atoms with E-state index in [-0.39, 0.29) is 12.0 Å². The molecule has 4 heterocycles. The Bertz CT molecular complexity index is 3570. The number of hydrogen-bond donors (Lipinski definition) is 0. The molecule has 0 fully saturated rings. The summed E-state index contributed by atoms with van der Waals surface area (Å²) in [5.41, 5.74) is 22.4. The van der Waals surface area contributed by atoms with Crippen molar-refractivity contribution in [3.8, 4) is 50.2 Å². The molecule has 3 aliphatic rings. The van der Waals surface area contributed by atoms with Gasteiger partial charge in [0.1, 0.15) is 0 Å². The Morgan fingerprint density at radius 1 is 0.424 bits per heavy atom. The van der Waals surface area contributed by atoms with Gasteiger partial charge in [0.2, 0.25) is 0 Å². The zero-order valence-corrected chi connectivity index (χ0v) is 36.9. The molecule has 0 amide bonds. The van der Waals surface area contributed by atoms with Crippen molar-refractivity contribution in [2.75, 3.05) is 4.90 Å². The molecular weight excluding hydrogens is 801 g/mol. The lowest BCUT2D eigenvalue weighted by molar-refractivity contribution is 0.552. The minimum absolute atomic E-state index is 0.0800. The molecule has 0 bridgehead atoms. The van der Waals surface area contributed by atoms with Crippen LogP contribution < -0.4 is 4.90 Å². The molecule has 10 aromatic rings. The Kier molecular flexibility index (Phi) is 8.89. The van der Waals surface area contributed by atoms with E-state index in [9.17, 15) is 0 Å². The lowest BCUT2D eigenvalue weighted by Crippen LogP contribution is -2.32. The number of fused-ring (bicyclic) bond motifs is 9. The number of nitrogens with zero attached hydrogens (tertiary/aromatic N) is 4. The first-order chi connectivity index (χ1) is 32.6. The molecule has 0 N–H and O–H groups in total. The lowest BCUT2D eigenvalue weighted by Gasteiger charge is -2.39. The Morgan fingerprint density at radius 2 is 1.00 bits per heavy atom. The quantitative estimate of drug-likeness (QED) is 0.167. The Morgan fingerprint density at radius 3 is 1.65 bits per heavy atom. The van der Waals surface area contributed by atoms with Gasteiger partial charge in [0.25, 0.3) is 0 Å². The predicted molar refractivity (Wildman–Crippen MR) is 273 cm³/mol. The van der Waals surface area contributed by atoms with Gasteiger partial charge < -0.3 is 9.47 Å². The third kappa shape index (κ3) is 6.13. The van der Waals surface area contributed by atoms with Gasteiger partial charge >= 0.3 is 0 Å². The van der Waals surface area contributed by atoms with Gasteiger partial charge in [0, 0.05) is 34.8 Å². The smallest absolute Gasteiger partial charge is 0.0645 e. The summed E-state index contributed by atoms with van der Waals surface area (Å²) < 4.78 is 2.42. The van der Waals surface area contributed by atoms with E-state index in [4.69, 9.17) is 0 Å². The summed E-state index contributed by atoms with van der Waals surface area (Å²) >= 11 is 0. The molecule has 66 heavy (non-hydrogen) atoms. The predicted octanol–water partition coefficient (Wildman–Crippen LogP) is 15.6. The van der Waals surface area contributed by atoms with Gasteiger partial charge in [-0.15, -0.1) is 0 Å². The standard InChI is InChI=1S/C62H46N4/c1-39-40(2)52-34-58-56-32-48(46-20-10-18-44(30-46)42-15-7-4-8-16-42)24-26-60(56)66(50-22-12-28-64-38-50)62(58)36-54(52)53-35-61-57(33-51(39)53)55-31-47(23-25-59(55)65(61)49-21-11-27-63-37-49)45-19-9-17-43(29-45)41-13-5-3-6-14-41/h3-40,57,61H,1-2H3. The van der Waals surface area contributed by atoms with E-state index in [0.29, 0.717) is 11.8 Å². The van der Waals surface area contributed by atoms with Crippen LogP contribution in [-0.2, 0) is 0 Å². The van der Waals surface area contributed by atoms with Gasteiger partial charge in [-0.25, -0.2) is 0 Å². The van der Waals surface area contributed by atoms with Crippen LogP contribution >= 0.6 is 0 Å². The Balaban J connectivity index is 0.969. The van der Waals surface area contributed by atoms with Crippen molar-refractivity contribution in [2.45, 2.75) is 31.7 Å². The number of hydrogen-bond acceptors (Lipinski definition) is 3. The van der Waals surface area contributed by atoms with Gasteiger partial charge in [-0.2, -0.15) is 0 Å². The molecule has 314 valence electrons. The number of pyridine rings is 2. The maximum atomic E-state index is 4.63. The first-order valence-electron chi connectivity index (χ1n) is 23.2. The summed E-state index contributed by atoms with van der Waals surface area (Å²) in [6.45, 7) is 4.87. The average Bonchev–Trinajstić information content (AvgIpc) is 3.89. The Hall–Kier alpha value is -8.08. The molecule has 4 unspecified atom stereocenters. The van der Waals surface area contributed by atoms with Crippen LogP contribution in [0.15, 0.2) is 225 Å². The average molecular weight is 847 g/mol. The van der Waals surface area contributed by atoms with Gasteiger partial charge in [-0.05, 0) is 157 Å². The van der Waals surface area contributed by atoms with E-state index in [2.05, 4.69) is 221 Å². The molecule has 1 aliphatic heterocycles. The van der Waals surface area contributed by atoms with Crippen molar-refractivity contribution in [1.82, 2.24) is 14.5 Å². The maximum absolute atomic E-state index is 4.63. The van der Waals surface area contributed by atoms with Crippen LogP contribution in [0.1, 0.15) is 42.4 Å². The molecule has 0 spiro atoms. The zero-order chi connectivity index (χ0) is 43.9. The first kappa shape index (κ1) is 38.4. The monoisotopic (exact) mass is 846 g/mol. The highest BCUT2D eigenvalue weighted by Crippen LogP contribution is 2.56. The third-order valence-corrected chi connectivity index (χ3v) is 14.7. The summed E-state index contributed by atoms with van der Waals surface area (Å²) in [5, 5.41) is 2.51. The van der Waals surface area contributed by atoms with Crippen LogP contribution in [0, 0.1) is 5.92 Å². The lowest BCUT2D eigenvalue weighted by atomic mass is 9.67. The molecule has 13 rings (SSSR count). The topological polar surface area (TPSA) is 34.0 Å². The molecular formula is C62H46N4. The second-order valence-electron chi connectivity index (χ2n) is 18.3. The SMILES string of the molecule is CC1C2=CC3c4cc(-c5cccc(-c6ccccc6)c5)ccc4N(c4cccnc4)C3C=C2c2cc3c(cc2C1C)c1cc(-c2cccc(-c4ccccc4)c2)ccc1n3-c1cccnc1. The minimum atomic E-state index is 0.0800. The molecule has 4 heteroatoms. The van der Waals surface area contributed by atoms with E-state index in [0.717, 1.165) is 11.4 Å². The molecule has 0 radical (unpaired) electrons. The van der Waals surface area contributed by atoms with Crippen LogP contribution in [0.5, 0.6) is 0 Å². The minimum Gasteiger partial charge on any atom is -0.332 e. The third-order valence-electron chi connectivity index (χ3n) is 14.7. The second kappa shape index (κ2) is 15.3. The molecule has 3 aromatic heterocycles. The number of rotatable bonds is 6. The number of allylic oxidation sites excluding steroid dienone is 2. The fraction of sp³-hybridized carbons (Fsp3) is 0.0968. The summed E-state index contributed by atoms with van der Waals surface area (Å²) in [6, 6.07) is 66.9. The highest BCUT2D eigenvalue weighted by molar-refractivity contribution is 6.12. The fourth-order valence-corrected chi connectivity index (χ4v) is 11.3. The number of aromatic nitrogens is 3. The molecule has 4 nitrogen and oxygen atoms in total. The van der Waals surface area contributed by atoms with Crippen LogP contribution in [0.2, 0.25) is 0 Å². The Labute approximate surface area is 385 Å². The van der Waals surface area contributed by atoms with Crippen molar-refractivity contribution in [2.24, 2.45) is 5.92 Å². The molecule has 4 atom stereocenters. The van der Waals surface area contributed by atoms with E-state index in [1.165, 1.54) is 99.8 Å². The first-order valence-corrected chi connectivity index (χ1v) is 23.2. The van der Waals surface area contributed by atoms with Gasteiger partial charge in [-0.3, -0.25) is 9.97 Å². The fourth-order valence-electron chi connectivity index (χ4n) is 11.3. The molecule has 2 aliphatic carbocycles. The molecule has 0 saturated carbocycles. The van der Waals surface area contributed by atoms with Gasteiger partial charge in [0.15, 0.2) is 0 Å². The molecule has 7 aromatic carbocycles. The molecule has 0 saturated heterocycles. The van der Waals surface area contributed by atoms with Gasteiger partial charge in [0.05, 0.1) is 40.8 Å². The number of benzene rings is 7. The van der Waals surface area contributed by atoms with Crippen LogP contribution in [0.3, 0.4) is 0 Å². The van der Waals surface area contributed by atoms with Crippen LogP contribution in [0.4, 0.5) is 11.4 Å². The van der Waals surface area contributed by atoms with Crippen molar-refractivity contribution in [1.29, 1.82) is 0 Å². The maximum Gasteiger partial charge on any atom is 0.0645 e. The summed E-state index contributed by atoms with van der Waals surface area (Å²) in [6.07, 6.45) is 13.0. The van der Waals surface area contributed by atoms with Crippen LogP contribution in [-0.4, -0.2) is 20.6 Å². The summed E-state index contributed by atoms with van der Waals surface area (Å²) in [7, 11) is 0.